The van der Waals surface area contributed by atoms with E-state index in [0.29, 0.717) is 31.3 Å². The van der Waals surface area contributed by atoms with Crippen molar-refractivity contribution < 1.29 is 8.42 Å². The van der Waals surface area contributed by atoms with Gasteiger partial charge in [-0.25, -0.2) is 12.7 Å². The smallest absolute Gasteiger partial charge is 0.214 e. The number of aryl methyl sites for hydroxylation is 1. The minimum atomic E-state index is -3.17. The molecule has 100 valence electrons. The first-order valence-corrected chi connectivity index (χ1v) is 8.20. The van der Waals surface area contributed by atoms with Crippen LogP contribution in [0.4, 0.5) is 0 Å². The highest BCUT2D eigenvalue weighted by atomic mass is 35.5. The Morgan fingerprint density at radius 3 is 2.89 bits per heavy atom. The number of sulfonamides is 1. The van der Waals surface area contributed by atoms with E-state index in [1.165, 1.54) is 0 Å². The van der Waals surface area contributed by atoms with Gasteiger partial charge in [0.05, 0.1) is 5.75 Å². The quantitative estimate of drug-likeness (QED) is 0.772. The molecule has 18 heavy (non-hydrogen) atoms. The number of halogens is 1. The zero-order chi connectivity index (χ0) is 13.0. The summed E-state index contributed by atoms with van der Waals surface area (Å²) < 4.78 is 25.8. The molecule has 1 aromatic heterocycles. The van der Waals surface area contributed by atoms with Crippen molar-refractivity contribution in [2.45, 2.75) is 12.8 Å². The third-order valence-corrected chi connectivity index (χ3v) is 5.48. The lowest BCUT2D eigenvalue weighted by atomic mass is 10.2. The molecule has 0 aromatic carbocycles. The maximum absolute atomic E-state index is 12.1. The van der Waals surface area contributed by atoms with Gasteiger partial charge < -0.3 is 0 Å². The Balaban J connectivity index is 1.92. The maximum Gasteiger partial charge on any atom is 0.214 e. The lowest BCUT2D eigenvalue weighted by Gasteiger charge is -2.15. The highest BCUT2D eigenvalue weighted by Gasteiger charge is 2.30. The standard InChI is InChI=1S/C12H17ClN2O2S/c13-9-11-4-7-15(10-11)18(16,17)8-5-12-3-1-2-6-14-12/h1-3,6,11H,4-5,7-10H2. The van der Waals surface area contributed by atoms with Crippen LogP contribution in [0.5, 0.6) is 0 Å². The van der Waals surface area contributed by atoms with Gasteiger partial charge in [-0.2, -0.15) is 0 Å². The first-order chi connectivity index (χ1) is 8.62. The Hall–Kier alpha value is -0.650. The van der Waals surface area contributed by atoms with Crippen molar-refractivity contribution in [2.75, 3.05) is 24.7 Å². The van der Waals surface area contributed by atoms with Gasteiger partial charge in [-0.15, -0.1) is 11.6 Å². The van der Waals surface area contributed by atoms with Crippen molar-refractivity contribution in [2.24, 2.45) is 5.92 Å². The van der Waals surface area contributed by atoms with Crippen molar-refractivity contribution in [3.8, 4) is 0 Å². The molecule has 1 aliphatic heterocycles. The van der Waals surface area contributed by atoms with Crippen LogP contribution in [-0.4, -0.2) is 42.4 Å². The van der Waals surface area contributed by atoms with E-state index in [-0.39, 0.29) is 5.75 Å². The highest BCUT2D eigenvalue weighted by Crippen LogP contribution is 2.21. The van der Waals surface area contributed by atoms with Crippen LogP contribution in [0.3, 0.4) is 0 Å². The summed E-state index contributed by atoms with van der Waals surface area (Å²) in [5.41, 5.74) is 0.814. The molecule has 1 aliphatic rings. The Morgan fingerprint density at radius 2 is 2.28 bits per heavy atom. The van der Waals surface area contributed by atoms with Gasteiger partial charge in [-0.1, -0.05) is 6.07 Å². The molecule has 2 heterocycles. The first kappa shape index (κ1) is 13.8. The zero-order valence-corrected chi connectivity index (χ0v) is 11.7. The average Bonchev–Trinajstić information content (AvgIpc) is 2.87. The molecule has 4 nitrogen and oxygen atoms in total. The Labute approximate surface area is 113 Å². The molecule has 1 atom stereocenters. The number of alkyl halides is 1. The van der Waals surface area contributed by atoms with Gasteiger partial charge in [0.25, 0.3) is 0 Å². The van der Waals surface area contributed by atoms with E-state index < -0.39 is 10.0 Å². The third kappa shape index (κ3) is 3.43. The first-order valence-electron chi connectivity index (χ1n) is 6.05. The zero-order valence-electron chi connectivity index (χ0n) is 10.1. The fraction of sp³-hybridized carbons (Fsp3) is 0.583. The lowest BCUT2D eigenvalue weighted by molar-refractivity contribution is 0.465. The van der Waals surface area contributed by atoms with Crippen LogP contribution in [-0.2, 0) is 16.4 Å². The van der Waals surface area contributed by atoms with E-state index in [4.69, 9.17) is 11.6 Å². The predicted molar refractivity (Wildman–Crippen MR) is 72.1 cm³/mol. The van der Waals surface area contributed by atoms with Crippen LogP contribution in [0.15, 0.2) is 24.4 Å². The normalized spacial score (nSPS) is 21.3. The Morgan fingerprint density at radius 1 is 1.44 bits per heavy atom. The summed E-state index contributed by atoms with van der Waals surface area (Å²) in [6, 6.07) is 5.54. The van der Waals surface area contributed by atoms with Crippen molar-refractivity contribution in [1.82, 2.24) is 9.29 Å². The fourth-order valence-corrected chi connectivity index (χ4v) is 3.88. The van der Waals surface area contributed by atoms with E-state index in [2.05, 4.69) is 4.98 Å². The molecule has 1 unspecified atom stereocenters. The van der Waals surface area contributed by atoms with Crippen LogP contribution >= 0.6 is 11.6 Å². The second-order valence-electron chi connectivity index (χ2n) is 4.55. The molecule has 0 bridgehead atoms. The Kier molecular flexibility index (Phi) is 4.59. The molecule has 0 amide bonds. The topological polar surface area (TPSA) is 50.3 Å². The van der Waals surface area contributed by atoms with E-state index in [1.807, 2.05) is 18.2 Å². The molecule has 0 aliphatic carbocycles. The molecule has 1 fully saturated rings. The third-order valence-electron chi connectivity index (χ3n) is 3.20. The minimum Gasteiger partial charge on any atom is -0.261 e. The van der Waals surface area contributed by atoms with E-state index in [1.54, 1.807) is 10.5 Å². The number of nitrogens with zero attached hydrogens (tertiary/aromatic N) is 2. The van der Waals surface area contributed by atoms with Crippen molar-refractivity contribution in [1.29, 1.82) is 0 Å². The SMILES string of the molecule is O=S(=O)(CCc1ccccn1)N1CCC(CCl)C1. The van der Waals surface area contributed by atoms with Gasteiger partial charge >= 0.3 is 0 Å². The van der Waals surface area contributed by atoms with Crippen LogP contribution < -0.4 is 0 Å². The fourth-order valence-electron chi connectivity index (χ4n) is 2.08. The maximum atomic E-state index is 12.1. The molecule has 1 saturated heterocycles. The summed E-state index contributed by atoms with van der Waals surface area (Å²) in [6.45, 7) is 1.16. The molecule has 0 radical (unpaired) electrons. The van der Waals surface area contributed by atoms with Gasteiger partial charge in [-0.3, -0.25) is 4.98 Å². The van der Waals surface area contributed by atoms with Crippen LogP contribution in [0, 0.1) is 5.92 Å². The summed E-state index contributed by atoms with van der Waals surface area (Å²) in [7, 11) is -3.17. The number of hydrogen-bond acceptors (Lipinski definition) is 3. The second-order valence-corrected chi connectivity index (χ2v) is 6.95. The monoisotopic (exact) mass is 288 g/mol. The lowest BCUT2D eigenvalue weighted by Crippen LogP contribution is -2.32. The number of pyridine rings is 1. The summed E-state index contributed by atoms with van der Waals surface area (Å²) >= 11 is 5.76. The predicted octanol–water partition coefficient (Wildman–Crippen LogP) is 1.51. The van der Waals surface area contributed by atoms with Gasteiger partial charge in [0.1, 0.15) is 0 Å². The molecule has 0 N–H and O–H groups in total. The minimum absolute atomic E-state index is 0.124. The average molecular weight is 289 g/mol. The van der Waals surface area contributed by atoms with Gasteiger partial charge in [-0.05, 0) is 24.5 Å². The molecule has 2 rings (SSSR count). The molecular weight excluding hydrogens is 272 g/mol. The van der Waals surface area contributed by atoms with Crippen LogP contribution in [0.1, 0.15) is 12.1 Å². The van der Waals surface area contributed by atoms with Crippen molar-refractivity contribution >= 4 is 21.6 Å². The van der Waals surface area contributed by atoms with E-state index >= 15 is 0 Å². The molecule has 0 saturated carbocycles. The number of hydrogen-bond donors (Lipinski definition) is 0. The van der Waals surface area contributed by atoms with Crippen molar-refractivity contribution in [3.63, 3.8) is 0 Å². The molecule has 6 heteroatoms. The van der Waals surface area contributed by atoms with Crippen molar-refractivity contribution in [3.05, 3.63) is 30.1 Å². The van der Waals surface area contributed by atoms with E-state index in [0.717, 1.165) is 12.1 Å². The van der Waals surface area contributed by atoms with Gasteiger partial charge in [0.2, 0.25) is 10.0 Å². The number of aromatic nitrogens is 1. The summed E-state index contributed by atoms with van der Waals surface area (Å²) in [4.78, 5) is 4.14. The molecule has 0 spiro atoms. The molecule has 1 aromatic rings. The van der Waals surface area contributed by atoms with Gasteiger partial charge in [0.15, 0.2) is 0 Å². The largest absolute Gasteiger partial charge is 0.261 e. The molecular formula is C12H17ClN2O2S. The van der Waals surface area contributed by atoms with Gasteiger partial charge in [0, 0.05) is 37.3 Å². The van der Waals surface area contributed by atoms with Crippen LogP contribution in [0.25, 0.3) is 0 Å². The summed E-state index contributed by atoms with van der Waals surface area (Å²) in [5, 5.41) is 0. The van der Waals surface area contributed by atoms with E-state index in [9.17, 15) is 8.42 Å². The second kappa shape index (κ2) is 5.99. The number of rotatable bonds is 5. The highest BCUT2D eigenvalue weighted by molar-refractivity contribution is 7.89. The Bertz CT molecular complexity index is 478. The summed E-state index contributed by atoms with van der Waals surface area (Å²) in [5.74, 6) is 0.960. The summed E-state index contributed by atoms with van der Waals surface area (Å²) in [6.07, 6.45) is 3.01. The van der Waals surface area contributed by atoms with Crippen LogP contribution in [0.2, 0.25) is 0 Å².